The Kier molecular flexibility index (Phi) is 5.90. The molecule has 5 aromatic rings. The lowest BCUT2D eigenvalue weighted by atomic mass is 10.1. The molecule has 0 spiro atoms. The molecule has 174 valence electrons. The van der Waals surface area contributed by atoms with E-state index >= 15 is 0 Å². The molecule has 4 N–H and O–H groups in total. The van der Waals surface area contributed by atoms with E-state index in [0.29, 0.717) is 16.7 Å². The highest BCUT2D eigenvalue weighted by Gasteiger charge is 2.17. The monoisotopic (exact) mass is 486 g/mol. The third-order valence-electron chi connectivity index (χ3n) is 5.32. The van der Waals surface area contributed by atoms with Crippen molar-refractivity contribution in [2.45, 2.75) is 10.9 Å². The quantitative estimate of drug-likeness (QED) is 0.160. The Hall–Kier alpha value is -4.64. The van der Waals surface area contributed by atoms with Gasteiger partial charge in [0, 0.05) is 22.8 Å². The average Bonchev–Trinajstić information content (AvgIpc) is 3.50. The number of carbonyl (C=O) groups is 2. The largest absolute Gasteiger partial charge is 0.345 e. The van der Waals surface area contributed by atoms with Gasteiger partial charge in [-0.1, -0.05) is 48.2 Å². The zero-order valence-electron chi connectivity index (χ0n) is 18.1. The molecule has 35 heavy (non-hydrogen) atoms. The predicted molar refractivity (Wildman–Crippen MR) is 132 cm³/mol. The zero-order chi connectivity index (χ0) is 24.4. The predicted octanol–water partition coefficient (Wildman–Crippen LogP) is 4.32. The first-order chi connectivity index (χ1) is 17.0. The topological polar surface area (TPSA) is 146 Å². The molecule has 0 aliphatic heterocycles. The molecule has 0 saturated heterocycles. The number of benzene rings is 3. The number of nitro groups is 1. The van der Waals surface area contributed by atoms with E-state index in [4.69, 9.17) is 0 Å². The Bertz CT molecular complexity index is 1540. The Morgan fingerprint density at radius 1 is 0.943 bits per heavy atom. The van der Waals surface area contributed by atoms with E-state index in [2.05, 4.69) is 25.8 Å². The first kappa shape index (κ1) is 22.2. The summed E-state index contributed by atoms with van der Waals surface area (Å²) in [6.07, 6.45) is 0. The second-order valence-electron chi connectivity index (χ2n) is 7.63. The van der Waals surface area contributed by atoms with Gasteiger partial charge in [0.1, 0.15) is 11.2 Å². The summed E-state index contributed by atoms with van der Waals surface area (Å²) in [6, 6.07) is 20.9. The van der Waals surface area contributed by atoms with Crippen molar-refractivity contribution in [2.24, 2.45) is 0 Å². The summed E-state index contributed by atoms with van der Waals surface area (Å²) in [6.45, 7) is 0. The number of hydrazine groups is 1. The number of aromatic amines is 2. The summed E-state index contributed by atoms with van der Waals surface area (Å²) in [5.41, 5.74) is 8.15. The fourth-order valence-corrected chi connectivity index (χ4v) is 4.41. The Labute approximate surface area is 202 Å². The van der Waals surface area contributed by atoms with Gasteiger partial charge in [-0.3, -0.25) is 30.6 Å². The van der Waals surface area contributed by atoms with Crippen molar-refractivity contribution in [3.8, 4) is 0 Å². The maximum absolute atomic E-state index is 12.4. The summed E-state index contributed by atoms with van der Waals surface area (Å²) in [5, 5.41) is 12.5. The number of nitrogens with one attached hydrogen (secondary N) is 4. The number of amides is 2. The number of fused-ring (bicyclic) bond motifs is 2. The summed E-state index contributed by atoms with van der Waals surface area (Å²) in [4.78, 5) is 46.0. The second kappa shape index (κ2) is 9.31. The van der Waals surface area contributed by atoms with E-state index in [0.717, 1.165) is 21.8 Å². The van der Waals surface area contributed by atoms with Gasteiger partial charge in [0.2, 0.25) is 0 Å². The number of aromatic nitrogens is 3. The van der Waals surface area contributed by atoms with Crippen LogP contribution in [-0.4, -0.2) is 31.7 Å². The normalized spacial score (nSPS) is 11.0. The van der Waals surface area contributed by atoms with Crippen LogP contribution in [0, 0.1) is 10.1 Å². The van der Waals surface area contributed by atoms with Crippen LogP contribution in [0.2, 0.25) is 0 Å². The number of nitrogens with zero attached hydrogens (tertiary/aromatic N) is 2. The van der Waals surface area contributed by atoms with Gasteiger partial charge in [-0.05, 0) is 35.9 Å². The summed E-state index contributed by atoms with van der Waals surface area (Å²) in [5.74, 6) is -0.440. The number of nitro benzene ring substituents is 1. The van der Waals surface area contributed by atoms with E-state index < -0.39 is 16.7 Å². The number of para-hydroxylation sites is 3. The molecule has 2 aromatic heterocycles. The summed E-state index contributed by atoms with van der Waals surface area (Å²) in [7, 11) is 0. The maximum atomic E-state index is 12.4. The Morgan fingerprint density at radius 3 is 2.49 bits per heavy atom. The molecule has 2 heterocycles. The van der Waals surface area contributed by atoms with Crippen LogP contribution in [0.15, 0.2) is 78.0 Å². The summed E-state index contributed by atoms with van der Waals surface area (Å²) >= 11 is 1.56. The van der Waals surface area contributed by atoms with E-state index in [1.54, 1.807) is 30.0 Å². The lowest BCUT2D eigenvalue weighted by Gasteiger charge is -2.07. The van der Waals surface area contributed by atoms with E-state index in [1.165, 1.54) is 18.2 Å². The van der Waals surface area contributed by atoms with Crippen molar-refractivity contribution in [3.63, 3.8) is 0 Å². The number of non-ortho nitro benzene ring substituents is 1. The summed E-state index contributed by atoms with van der Waals surface area (Å²) < 4.78 is 0. The Balaban J connectivity index is 1.18. The molecular formula is C24H18N6O4S. The molecule has 0 atom stereocenters. The molecule has 3 aromatic carbocycles. The van der Waals surface area contributed by atoms with Crippen molar-refractivity contribution in [3.05, 3.63) is 99.7 Å². The number of thioether (sulfide) groups is 1. The second-order valence-corrected chi connectivity index (χ2v) is 8.60. The number of hydrogen-bond acceptors (Lipinski definition) is 6. The minimum Gasteiger partial charge on any atom is -0.345 e. The highest BCUT2D eigenvalue weighted by molar-refractivity contribution is 7.98. The standard InChI is InChI=1S/C24H18N6O4S/c31-22(28-29-23(32)19-12-16-4-3-7-20(30(33)34)21(16)25-19)15-10-8-14(9-11-15)13-35-24-26-17-5-1-2-6-18(17)27-24/h1-12,25H,13H2,(H,26,27)(H,28,31)(H,29,32). The average molecular weight is 487 g/mol. The van der Waals surface area contributed by atoms with Crippen LogP contribution in [0.4, 0.5) is 5.69 Å². The fourth-order valence-electron chi connectivity index (χ4n) is 3.57. The van der Waals surface area contributed by atoms with Crippen LogP contribution in [0.1, 0.15) is 26.4 Å². The van der Waals surface area contributed by atoms with Crippen molar-refractivity contribution in [1.82, 2.24) is 25.8 Å². The first-order valence-corrected chi connectivity index (χ1v) is 11.5. The third kappa shape index (κ3) is 4.70. The van der Waals surface area contributed by atoms with Crippen LogP contribution in [-0.2, 0) is 5.75 Å². The van der Waals surface area contributed by atoms with Crippen molar-refractivity contribution >= 4 is 51.2 Å². The van der Waals surface area contributed by atoms with Crippen molar-refractivity contribution in [1.29, 1.82) is 0 Å². The minimum atomic E-state index is -0.622. The van der Waals surface area contributed by atoms with E-state index in [9.17, 15) is 19.7 Å². The number of carbonyl (C=O) groups excluding carboxylic acids is 2. The zero-order valence-corrected chi connectivity index (χ0v) is 18.9. The minimum absolute atomic E-state index is 0.0903. The molecule has 0 radical (unpaired) electrons. The number of rotatable bonds is 6. The van der Waals surface area contributed by atoms with Gasteiger partial charge in [0.05, 0.1) is 16.0 Å². The van der Waals surface area contributed by atoms with Gasteiger partial charge >= 0.3 is 0 Å². The van der Waals surface area contributed by atoms with Crippen LogP contribution in [0.25, 0.3) is 21.9 Å². The van der Waals surface area contributed by atoms with Crippen molar-refractivity contribution < 1.29 is 14.5 Å². The van der Waals surface area contributed by atoms with Crippen LogP contribution in [0.5, 0.6) is 0 Å². The molecule has 10 nitrogen and oxygen atoms in total. The molecular weight excluding hydrogens is 468 g/mol. The molecule has 0 fully saturated rings. The highest BCUT2D eigenvalue weighted by Crippen LogP contribution is 2.25. The smallest absolute Gasteiger partial charge is 0.293 e. The molecule has 11 heteroatoms. The maximum Gasteiger partial charge on any atom is 0.293 e. The van der Waals surface area contributed by atoms with Crippen LogP contribution in [0.3, 0.4) is 0 Å². The lowest BCUT2D eigenvalue weighted by Crippen LogP contribution is -2.41. The highest BCUT2D eigenvalue weighted by atomic mass is 32.2. The van der Waals surface area contributed by atoms with Gasteiger partial charge in [-0.15, -0.1) is 0 Å². The first-order valence-electron chi connectivity index (χ1n) is 10.5. The van der Waals surface area contributed by atoms with Gasteiger partial charge in [0.25, 0.3) is 17.5 Å². The van der Waals surface area contributed by atoms with Gasteiger partial charge in [-0.25, -0.2) is 4.98 Å². The van der Waals surface area contributed by atoms with Crippen LogP contribution >= 0.6 is 11.8 Å². The lowest BCUT2D eigenvalue weighted by molar-refractivity contribution is -0.383. The van der Waals surface area contributed by atoms with Gasteiger partial charge in [-0.2, -0.15) is 0 Å². The molecule has 2 amide bonds. The molecule has 5 rings (SSSR count). The van der Waals surface area contributed by atoms with Crippen LogP contribution < -0.4 is 10.9 Å². The third-order valence-corrected chi connectivity index (χ3v) is 6.27. The number of hydrogen-bond donors (Lipinski definition) is 4. The van der Waals surface area contributed by atoms with Gasteiger partial charge < -0.3 is 9.97 Å². The Morgan fingerprint density at radius 2 is 1.71 bits per heavy atom. The molecule has 0 saturated carbocycles. The fraction of sp³-hybridized carbons (Fsp3) is 0.0417. The molecule has 0 aliphatic rings. The molecule has 0 unspecified atom stereocenters. The van der Waals surface area contributed by atoms with E-state index in [-0.39, 0.29) is 16.9 Å². The molecule has 0 bridgehead atoms. The van der Waals surface area contributed by atoms with Gasteiger partial charge in [0.15, 0.2) is 5.16 Å². The van der Waals surface area contributed by atoms with E-state index in [1.807, 2.05) is 36.4 Å². The molecule has 0 aliphatic carbocycles. The van der Waals surface area contributed by atoms with Crippen molar-refractivity contribution in [2.75, 3.05) is 0 Å². The number of H-pyrrole nitrogens is 2. The SMILES string of the molecule is O=C(NNC(=O)c1cc2cccc([N+](=O)[O-])c2[nH]1)c1ccc(CSc2nc3ccccc3[nH]2)cc1. The number of imidazole rings is 1.